The van der Waals surface area contributed by atoms with Crippen LogP contribution in [0.4, 0.5) is 5.69 Å². The third-order valence-corrected chi connectivity index (χ3v) is 2.85. The van der Waals surface area contributed by atoms with Crippen LogP contribution in [0.2, 0.25) is 0 Å². The number of carbonyl (C=O) groups excluding carboxylic acids is 1. The fourth-order valence-electron chi connectivity index (χ4n) is 1.65. The number of nitrogens with one attached hydrogen (secondary N) is 1. The van der Waals surface area contributed by atoms with Crippen molar-refractivity contribution in [3.63, 3.8) is 0 Å². The summed E-state index contributed by atoms with van der Waals surface area (Å²) in [6, 6.07) is 0. The molecule has 0 aliphatic carbocycles. The Morgan fingerprint density at radius 3 is 2.55 bits per heavy atom. The molecule has 20 heavy (non-hydrogen) atoms. The maximum atomic E-state index is 11.6. The Hall–Kier alpha value is -2.45. The van der Waals surface area contributed by atoms with Gasteiger partial charge in [-0.2, -0.15) is 5.10 Å². The van der Waals surface area contributed by atoms with Gasteiger partial charge < -0.3 is 10.4 Å². The number of hydrogen-bond donors (Lipinski definition) is 2. The van der Waals surface area contributed by atoms with Crippen LogP contribution in [0, 0.1) is 29.9 Å². The summed E-state index contributed by atoms with van der Waals surface area (Å²) in [5, 5.41) is 25.9. The van der Waals surface area contributed by atoms with Crippen LogP contribution in [0.25, 0.3) is 0 Å². The lowest BCUT2D eigenvalue weighted by molar-refractivity contribution is -0.386. The molecule has 1 aromatic heterocycles. The molecule has 0 spiro atoms. The molecule has 1 unspecified atom stereocenters. The van der Waals surface area contributed by atoms with Crippen LogP contribution in [-0.2, 0) is 16.1 Å². The molecule has 0 fully saturated rings. The standard InChI is InChI=1S/C11H16N4O5/c1-6(11(17)18)4-12-9(16)5-14-8(3)10(15(19)20)7(2)13-14/h6H,4-5H2,1-3H3,(H,12,16)(H,17,18). The van der Waals surface area contributed by atoms with Crippen LogP contribution >= 0.6 is 0 Å². The van der Waals surface area contributed by atoms with Gasteiger partial charge in [0.05, 0.1) is 10.8 Å². The summed E-state index contributed by atoms with van der Waals surface area (Å²) >= 11 is 0. The van der Waals surface area contributed by atoms with E-state index in [1.54, 1.807) is 0 Å². The van der Waals surface area contributed by atoms with E-state index in [-0.39, 0.29) is 30.2 Å². The Labute approximate surface area is 114 Å². The number of aryl methyl sites for hydroxylation is 1. The van der Waals surface area contributed by atoms with E-state index >= 15 is 0 Å². The fraction of sp³-hybridized carbons (Fsp3) is 0.545. The number of carboxylic acid groups (broad SMARTS) is 1. The van der Waals surface area contributed by atoms with E-state index in [1.807, 2.05) is 0 Å². The molecule has 1 rings (SSSR count). The van der Waals surface area contributed by atoms with Crippen LogP contribution < -0.4 is 5.32 Å². The van der Waals surface area contributed by atoms with E-state index < -0.39 is 22.7 Å². The zero-order chi connectivity index (χ0) is 15.4. The number of aromatic nitrogens is 2. The van der Waals surface area contributed by atoms with Crippen LogP contribution in [0.5, 0.6) is 0 Å². The van der Waals surface area contributed by atoms with Gasteiger partial charge in [-0.1, -0.05) is 6.92 Å². The Bertz CT molecular complexity index is 551. The smallest absolute Gasteiger partial charge is 0.312 e. The van der Waals surface area contributed by atoms with Gasteiger partial charge in [-0.15, -0.1) is 0 Å². The average molecular weight is 284 g/mol. The highest BCUT2D eigenvalue weighted by Gasteiger charge is 2.22. The number of hydrogen-bond acceptors (Lipinski definition) is 5. The number of aliphatic carboxylic acids is 1. The number of amides is 1. The van der Waals surface area contributed by atoms with Crippen molar-refractivity contribution < 1.29 is 19.6 Å². The Morgan fingerprint density at radius 2 is 2.10 bits per heavy atom. The van der Waals surface area contributed by atoms with Crippen LogP contribution in [-0.4, -0.2) is 38.2 Å². The first-order valence-electron chi connectivity index (χ1n) is 5.92. The van der Waals surface area contributed by atoms with Crippen molar-refractivity contribution in [3.05, 3.63) is 21.5 Å². The van der Waals surface area contributed by atoms with Crippen molar-refractivity contribution in [2.45, 2.75) is 27.3 Å². The molecule has 0 aliphatic heterocycles. The second-order valence-electron chi connectivity index (χ2n) is 4.48. The molecule has 2 N–H and O–H groups in total. The second-order valence-corrected chi connectivity index (χ2v) is 4.48. The van der Waals surface area contributed by atoms with Crippen molar-refractivity contribution in [1.82, 2.24) is 15.1 Å². The van der Waals surface area contributed by atoms with Crippen molar-refractivity contribution >= 4 is 17.6 Å². The molecule has 1 heterocycles. The lowest BCUT2D eigenvalue weighted by atomic mass is 10.2. The topological polar surface area (TPSA) is 127 Å². The van der Waals surface area contributed by atoms with Crippen LogP contribution in [0.1, 0.15) is 18.3 Å². The van der Waals surface area contributed by atoms with Gasteiger partial charge in [-0.3, -0.25) is 24.4 Å². The third kappa shape index (κ3) is 3.53. The summed E-state index contributed by atoms with van der Waals surface area (Å²) in [6.45, 7) is 4.27. The zero-order valence-electron chi connectivity index (χ0n) is 11.4. The average Bonchev–Trinajstić information content (AvgIpc) is 2.61. The minimum Gasteiger partial charge on any atom is -0.481 e. The SMILES string of the molecule is Cc1nn(CC(=O)NCC(C)C(=O)O)c(C)c1[N+](=O)[O-]. The summed E-state index contributed by atoms with van der Waals surface area (Å²) in [4.78, 5) is 32.5. The molecular formula is C11H16N4O5. The fourth-order valence-corrected chi connectivity index (χ4v) is 1.65. The van der Waals surface area contributed by atoms with E-state index in [0.717, 1.165) is 0 Å². The van der Waals surface area contributed by atoms with Crippen molar-refractivity contribution in [2.24, 2.45) is 5.92 Å². The van der Waals surface area contributed by atoms with Crippen molar-refractivity contribution in [1.29, 1.82) is 0 Å². The van der Waals surface area contributed by atoms with Crippen LogP contribution in [0.3, 0.4) is 0 Å². The minimum absolute atomic E-state index is 0.00441. The summed E-state index contributed by atoms with van der Waals surface area (Å²) in [7, 11) is 0. The quantitative estimate of drug-likeness (QED) is 0.569. The number of nitro groups is 1. The van der Waals surface area contributed by atoms with Gasteiger partial charge in [-0.05, 0) is 13.8 Å². The third-order valence-electron chi connectivity index (χ3n) is 2.85. The molecule has 110 valence electrons. The molecule has 0 aromatic carbocycles. The summed E-state index contributed by atoms with van der Waals surface area (Å²) in [5.74, 6) is -2.15. The molecular weight excluding hydrogens is 268 g/mol. The Morgan fingerprint density at radius 1 is 1.50 bits per heavy atom. The van der Waals surface area contributed by atoms with E-state index in [1.165, 1.54) is 25.5 Å². The molecule has 1 aromatic rings. The minimum atomic E-state index is -1.01. The first kappa shape index (κ1) is 15.6. The van der Waals surface area contributed by atoms with Crippen LogP contribution in [0.15, 0.2) is 0 Å². The highest BCUT2D eigenvalue weighted by Crippen LogP contribution is 2.21. The zero-order valence-corrected chi connectivity index (χ0v) is 11.4. The molecule has 1 amide bonds. The monoisotopic (exact) mass is 284 g/mol. The van der Waals surface area contributed by atoms with E-state index in [2.05, 4.69) is 10.4 Å². The molecule has 0 saturated heterocycles. The van der Waals surface area contributed by atoms with Gasteiger partial charge in [0.1, 0.15) is 17.9 Å². The van der Waals surface area contributed by atoms with Gasteiger partial charge in [0, 0.05) is 6.54 Å². The Balaban J connectivity index is 2.70. The van der Waals surface area contributed by atoms with Gasteiger partial charge >= 0.3 is 11.7 Å². The largest absolute Gasteiger partial charge is 0.481 e. The number of nitrogens with zero attached hydrogens (tertiary/aromatic N) is 3. The highest BCUT2D eigenvalue weighted by atomic mass is 16.6. The molecule has 0 saturated carbocycles. The van der Waals surface area contributed by atoms with Crippen molar-refractivity contribution in [2.75, 3.05) is 6.54 Å². The highest BCUT2D eigenvalue weighted by molar-refractivity contribution is 5.77. The van der Waals surface area contributed by atoms with Gasteiger partial charge in [0.15, 0.2) is 0 Å². The number of rotatable bonds is 6. The maximum Gasteiger partial charge on any atom is 0.312 e. The molecule has 0 bridgehead atoms. The first-order chi connectivity index (χ1) is 9.23. The molecule has 0 radical (unpaired) electrons. The normalized spacial score (nSPS) is 11.9. The predicted molar refractivity (Wildman–Crippen MR) is 68.2 cm³/mol. The van der Waals surface area contributed by atoms with E-state index in [9.17, 15) is 19.7 Å². The molecule has 1 atom stereocenters. The van der Waals surface area contributed by atoms with Gasteiger partial charge in [-0.25, -0.2) is 0 Å². The summed E-state index contributed by atoms with van der Waals surface area (Å²) in [6.07, 6.45) is 0. The number of carboxylic acids is 1. The Kier molecular flexibility index (Phi) is 4.78. The van der Waals surface area contributed by atoms with Gasteiger partial charge in [0.2, 0.25) is 5.91 Å². The number of carbonyl (C=O) groups is 2. The molecule has 0 aliphatic rings. The van der Waals surface area contributed by atoms with Gasteiger partial charge in [0.25, 0.3) is 0 Å². The lowest BCUT2D eigenvalue weighted by Crippen LogP contribution is -2.34. The first-order valence-corrected chi connectivity index (χ1v) is 5.92. The molecule has 9 nitrogen and oxygen atoms in total. The maximum absolute atomic E-state index is 11.6. The van der Waals surface area contributed by atoms with E-state index in [0.29, 0.717) is 0 Å². The molecule has 9 heteroatoms. The predicted octanol–water partition coefficient (Wildman–Crippen LogP) is 0.245. The second kappa shape index (κ2) is 6.13. The summed E-state index contributed by atoms with van der Waals surface area (Å²) in [5.41, 5.74) is 0.407. The van der Waals surface area contributed by atoms with E-state index in [4.69, 9.17) is 5.11 Å². The summed E-state index contributed by atoms with van der Waals surface area (Å²) < 4.78 is 1.23. The lowest BCUT2D eigenvalue weighted by Gasteiger charge is -2.08. The van der Waals surface area contributed by atoms with Crippen molar-refractivity contribution in [3.8, 4) is 0 Å².